The summed E-state index contributed by atoms with van der Waals surface area (Å²) in [5.41, 5.74) is 0.966. The van der Waals surface area contributed by atoms with Gasteiger partial charge in [0.1, 0.15) is 5.75 Å². The van der Waals surface area contributed by atoms with Gasteiger partial charge in [-0.1, -0.05) is 12.1 Å². The zero-order valence-corrected chi connectivity index (χ0v) is 12.5. The molecule has 0 atom stereocenters. The van der Waals surface area contributed by atoms with Crippen LogP contribution in [0.4, 0.5) is 8.78 Å². The van der Waals surface area contributed by atoms with Gasteiger partial charge in [-0.15, -0.1) is 0 Å². The van der Waals surface area contributed by atoms with E-state index < -0.39 is 6.61 Å². The first-order valence-corrected chi connectivity index (χ1v) is 6.51. The van der Waals surface area contributed by atoms with E-state index in [9.17, 15) is 8.78 Å². The Hall–Kier alpha value is -1.89. The number of hydrogen-bond donors (Lipinski definition) is 1. The number of methoxy groups -OCH3 is 1. The molecular formula is C14H21F2N3O2. The second kappa shape index (κ2) is 9.12. The maximum Gasteiger partial charge on any atom is 0.387 e. The van der Waals surface area contributed by atoms with Gasteiger partial charge in [-0.2, -0.15) is 8.78 Å². The quantitative estimate of drug-likeness (QED) is 0.475. The number of rotatable bonds is 7. The van der Waals surface area contributed by atoms with E-state index in [4.69, 9.17) is 4.74 Å². The van der Waals surface area contributed by atoms with E-state index in [2.05, 4.69) is 15.0 Å². The number of halogens is 2. The number of nitrogens with zero attached hydrogens (tertiary/aromatic N) is 2. The minimum atomic E-state index is -2.80. The predicted molar refractivity (Wildman–Crippen MR) is 77.8 cm³/mol. The molecule has 0 radical (unpaired) electrons. The minimum Gasteiger partial charge on any atom is -0.435 e. The minimum absolute atomic E-state index is 0.152. The van der Waals surface area contributed by atoms with Crippen molar-refractivity contribution >= 4 is 5.96 Å². The van der Waals surface area contributed by atoms with Gasteiger partial charge in [-0.25, -0.2) is 0 Å². The lowest BCUT2D eigenvalue weighted by Gasteiger charge is -2.22. The molecule has 5 nitrogen and oxygen atoms in total. The van der Waals surface area contributed by atoms with E-state index in [-0.39, 0.29) is 5.75 Å². The van der Waals surface area contributed by atoms with Gasteiger partial charge < -0.3 is 19.7 Å². The summed E-state index contributed by atoms with van der Waals surface area (Å²) in [6, 6.07) is 6.54. The van der Waals surface area contributed by atoms with E-state index in [0.717, 1.165) is 11.5 Å². The zero-order chi connectivity index (χ0) is 15.7. The molecule has 118 valence electrons. The van der Waals surface area contributed by atoms with Crippen LogP contribution in [0.5, 0.6) is 5.75 Å². The van der Waals surface area contributed by atoms with E-state index in [1.165, 1.54) is 12.1 Å². The third kappa shape index (κ3) is 6.40. The van der Waals surface area contributed by atoms with Crippen molar-refractivity contribution in [1.82, 2.24) is 10.2 Å². The first-order chi connectivity index (χ1) is 10.1. The molecule has 1 N–H and O–H groups in total. The molecule has 0 saturated heterocycles. The molecule has 1 rings (SSSR count). The molecule has 0 fully saturated rings. The summed E-state index contributed by atoms with van der Waals surface area (Å²) < 4.78 is 33.4. The molecule has 0 heterocycles. The van der Waals surface area contributed by atoms with Gasteiger partial charge in [-0.3, -0.25) is 4.99 Å². The van der Waals surface area contributed by atoms with Crippen molar-refractivity contribution in [2.75, 3.05) is 34.4 Å². The van der Waals surface area contributed by atoms with Crippen LogP contribution >= 0.6 is 0 Å². The second-order valence-corrected chi connectivity index (χ2v) is 4.35. The number of hydrogen-bond acceptors (Lipinski definition) is 3. The molecule has 0 aliphatic carbocycles. The zero-order valence-electron chi connectivity index (χ0n) is 12.5. The van der Waals surface area contributed by atoms with Crippen LogP contribution in [-0.2, 0) is 11.3 Å². The number of alkyl halides is 2. The molecular weight excluding hydrogens is 280 g/mol. The van der Waals surface area contributed by atoms with Gasteiger partial charge >= 0.3 is 6.61 Å². The topological polar surface area (TPSA) is 46.1 Å². The molecule has 0 spiro atoms. The van der Waals surface area contributed by atoms with Crippen molar-refractivity contribution in [2.24, 2.45) is 4.99 Å². The molecule has 0 saturated carbocycles. The Bertz CT molecular complexity index is 438. The van der Waals surface area contributed by atoms with Crippen LogP contribution in [-0.4, -0.2) is 51.8 Å². The normalized spacial score (nSPS) is 11.6. The van der Waals surface area contributed by atoms with Gasteiger partial charge in [-0.05, 0) is 17.7 Å². The molecule has 0 aliphatic heterocycles. The number of ether oxygens (including phenoxy) is 2. The van der Waals surface area contributed by atoms with Crippen molar-refractivity contribution < 1.29 is 18.3 Å². The summed E-state index contributed by atoms with van der Waals surface area (Å²) in [6.45, 7) is -0.953. The number of aliphatic imine (C=N–C) groups is 1. The monoisotopic (exact) mass is 301 g/mol. The Labute approximate surface area is 123 Å². The lowest BCUT2D eigenvalue weighted by molar-refractivity contribution is -0.0498. The third-order valence-electron chi connectivity index (χ3n) is 2.73. The van der Waals surface area contributed by atoms with Crippen molar-refractivity contribution in [1.29, 1.82) is 0 Å². The van der Waals surface area contributed by atoms with Gasteiger partial charge in [0.25, 0.3) is 0 Å². The van der Waals surface area contributed by atoms with Crippen molar-refractivity contribution in [3.63, 3.8) is 0 Å². The molecule has 21 heavy (non-hydrogen) atoms. The van der Waals surface area contributed by atoms with Crippen LogP contribution in [0, 0.1) is 0 Å². The van der Waals surface area contributed by atoms with E-state index >= 15 is 0 Å². The predicted octanol–water partition coefficient (Wildman–Crippen LogP) is 1.94. The van der Waals surface area contributed by atoms with Crippen LogP contribution < -0.4 is 10.1 Å². The first kappa shape index (κ1) is 17.2. The fourth-order valence-corrected chi connectivity index (χ4v) is 1.77. The Kier molecular flexibility index (Phi) is 7.45. The molecule has 0 unspecified atom stereocenters. The maximum absolute atomic E-state index is 12.1. The van der Waals surface area contributed by atoms with E-state index in [0.29, 0.717) is 19.7 Å². The summed E-state index contributed by atoms with van der Waals surface area (Å²) in [6.07, 6.45) is 0. The SMILES string of the molecule is CN=C(NCCOC)N(C)Cc1ccc(OC(F)F)cc1. The highest BCUT2D eigenvalue weighted by Crippen LogP contribution is 2.15. The second-order valence-electron chi connectivity index (χ2n) is 4.35. The van der Waals surface area contributed by atoms with Crippen molar-refractivity contribution in [3.8, 4) is 5.75 Å². The number of nitrogens with one attached hydrogen (secondary N) is 1. The van der Waals surface area contributed by atoms with Crippen LogP contribution in [0.25, 0.3) is 0 Å². The standard InChI is InChI=1S/C14H21F2N3O2/c1-17-14(18-8-9-20-3)19(2)10-11-4-6-12(7-5-11)21-13(15)16/h4-7,13H,8-10H2,1-3H3,(H,17,18). The molecule has 0 bridgehead atoms. The van der Waals surface area contributed by atoms with Gasteiger partial charge in [0.15, 0.2) is 5.96 Å². The summed E-state index contributed by atoms with van der Waals surface area (Å²) in [7, 11) is 5.23. The fraction of sp³-hybridized carbons (Fsp3) is 0.500. The highest BCUT2D eigenvalue weighted by atomic mass is 19.3. The Morgan fingerprint density at radius 1 is 1.33 bits per heavy atom. The summed E-state index contributed by atoms with van der Waals surface area (Å²) in [5.74, 6) is 0.888. The average molecular weight is 301 g/mol. The highest BCUT2D eigenvalue weighted by molar-refractivity contribution is 5.79. The van der Waals surface area contributed by atoms with E-state index in [1.54, 1.807) is 26.3 Å². The Morgan fingerprint density at radius 3 is 2.52 bits per heavy atom. The van der Waals surface area contributed by atoms with Crippen molar-refractivity contribution in [2.45, 2.75) is 13.2 Å². The highest BCUT2D eigenvalue weighted by Gasteiger charge is 2.07. The average Bonchev–Trinajstić information content (AvgIpc) is 2.45. The first-order valence-electron chi connectivity index (χ1n) is 6.51. The Morgan fingerprint density at radius 2 is 2.00 bits per heavy atom. The third-order valence-corrected chi connectivity index (χ3v) is 2.73. The smallest absolute Gasteiger partial charge is 0.387 e. The Balaban J connectivity index is 2.54. The van der Waals surface area contributed by atoms with Crippen LogP contribution in [0.1, 0.15) is 5.56 Å². The van der Waals surface area contributed by atoms with Crippen LogP contribution in [0.2, 0.25) is 0 Å². The van der Waals surface area contributed by atoms with Gasteiger partial charge in [0, 0.05) is 34.3 Å². The number of guanidine groups is 1. The van der Waals surface area contributed by atoms with Gasteiger partial charge in [0.2, 0.25) is 0 Å². The molecule has 0 amide bonds. The maximum atomic E-state index is 12.1. The summed E-state index contributed by atoms with van der Waals surface area (Å²) >= 11 is 0. The van der Waals surface area contributed by atoms with Crippen LogP contribution in [0.3, 0.4) is 0 Å². The number of benzene rings is 1. The van der Waals surface area contributed by atoms with Gasteiger partial charge in [0.05, 0.1) is 6.61 Å². The lowest BCUT2D eigenvalue weighted by Crippen LogP contribution is -2.39. The lowest BCUT2D eigenvalue weighted by atomic mass is 10.2. The largest absolute Gasteiger partial charge is 0.435 e. The summed E-state index contributed by atoms with van der Waals surface area (Å²) in [5, 5.41) is 3.15. The molecule has 1 aromatic carbocycles. The molecule has 0 aliphatic rings. The molecule has 0 aromatic heterocycles. The van der Waals surface area contributed by atoms with Crippen molar-refractivity contribution in [3.05, 3.63) is 29.8 Å². The molecule has 7 heteroatoms. The summed E-state index contributed by atoms with van der Waals surface area (Å²) in [4.78, 5) is 6.09. The van der Waals surface area contributed by atoms with E-state index in [1.807, 2.05) is 11.9 Å². The fourth-order valence-electron chi connectivity index (χ4n) is 1.77. The van der Waals surface area contributed by atoms with Crippen LogP contribution in [0.15, 0.2) is 29.3 Å². The molecule has 1 aromatic rings.